The molecule has 0 aromatic carbocycles. The fourth-order valence-electron chi connectivity index (χ4n) is 3.40. The lowest BCUT2D eigenvalue weighted by atomic mass is 9.74. The van der Waals surface area contributed by atoms with Crippen LogP contribution >= 0.6 is 0 Å². The van der Waals surface area contributed by atoms with Crippen LogP contribution in [0.15, 0.2) is 0 Å². The fraction of sp³-hybridized carbons (Fsp3) is 0.933. The van der Waals surface area contributed by atoms with Gasteiger partial charge in [0.05, 0.1) is 0 Å². The van der Waals surface area contributed by atoms with Crippen LogP contribution in [0.3, 0.4) is 0 Å². The fourth-order valence-corrected chi connectivity index (χ4v) is 3.40. The van der Waals surface area contributed by atoms with Crippen LogP contribution in [0.5, 0.6) is 0 Å². The number of likely N-dealkylation sites (tertiary alicyclic amines) is 1. The van der Waals surface area contributed by atoms with Crippen LogP contribution in [0, 0.1) is 5.41 Å². The van der Waals surface area contributed by atoms with Crippen molar-refractivity contribution in [1.29, 1.82) is 0 Å². The van der Waals surface area contributed by atoms with Crippen LogP contribution in [-0.4, -0.2) is 37.1 Å². The number of carbonyl (C=O) groups is 1. The van der Waals surface area contributed by atoms with Crippen molar-refractivity contribution in [2.24, 2.45) is 11.1 Å². The third kappa shape index (κ3) is 4.10. The second-order valence-corrected chi connectivity index (χ2v) is 6.32. The van der Waals surface area contributed by atoms with Gasteiger partial charge in [0.15, 0.2) is 0 Å². The van der Waals surface area contributed by atoms with E-state index in [1.54, 1.807) is 0 Å². The lowest BCUT2D eigenvalue weighted by Crippen LogP contribution is -2.48. The first-order chi connectivity index (χ1) is 9.26. The predicted molar refractivity (Wildman–Crippen MR) is 78.0 cm³/mol. The Bertz CT molecular complexity index is 279. The van der Waals surface area contributed by atoms with Crippen LogP contribution in [0.25, 0.3) is 0 Å². The lowest BCUT2D eigenvalue weighted by molar-refractivity contribution is 0.170. The topological polar surface area (TPSA) is 58.4 Å². The van der Waals surface area contributed by atoms with Gasteiger partial charge in [-0.15, -0.1) is 0 Å². The molecule has 1 heterocycles. The minimum absolute atomic E-state index is 0.125. The van der Waals surface area contributed by atoms with E-state index in [-0.39, 0.29) is 11.4 Å². The Hall–Kier alpha value is -0.770. The molecule has 0 aromatic rings. The van der Waals surface area contributed by atoms with Crippen LogP contribution < -0.4 is 11.1 Å². The molecule has 0 spiro atoms. The summed E-state index contributed by atoms with van der Waals surface area (Å²) in [6.07, 6.45) is 11.0. The van der Waals surface area contributed by atoms with Gasteiger partial charge in [0.25, 0.3) is 0 Å². The average Bonchev–Trinajstić information content (AvgIpc) is 2.75. The number of carbonyl (C=O) groups excluding carboxylic acids is 1. The van der Waals surface area contributed by atoms with Gasteiger partial charge >= 0.3 is 6.03 Å². The average molecular weight is 267 g/mol. The minimum Gasteiger partial charge on any atom is -0.337 e. The molecule has 110 valence electrons. The molecule has 3 N–H and O–H groups in total. The summed E-state index contributed by atoms with van der Waals surface area (Å²) in [5, 5.41) is 3.15. The zero-order chi connectivity index (χ0) is 13.6. The Balaban J connectivity index is 1.80. The number of hydrogen-bond acceptors (Lipinski definition) is 2. The smallest absolute Gasteiger partial charge is 0.317 e. The highest BCUT2D eigenvalue weighted by Gasteiger charge is 2.31. The molecule has 0 aromatic heterocycles. The molecule has 1 saturated heterocycles. The van der Waals surface area contributed by atoms with Gasteiger partial charge in [-0.1, -0.05) is 32.1 Å². The minimum atomic E-state index is 0.125. The number of urea groups is 1. The van der Waals surface area contributed by atoms with E-state index >= 15 is 0 Å². The summed E-state index contributed by atoms with van der Waals surface area (Å²) in [7, 11) is 0. The van der Waals surface area contributed by atoms with Gasteiger partial charge < -0.3 is 16.0 Å². The van der Waals surface area contributed by atoms with E-state index in [1.807, 2.05) is 4.90 Å². The van der Waals surface area contributed by atoms with Crippen molar-refractivity contribution in [2.75, 3.05) is 26.2 Å². The van der Waals surface area contributed by atoms with Gasteiger partial charge in [-0.2, -0.15) is 0 Å². The van der Waals surface area contributed by atoms with Crippen molar-refractivity contribution in [3.05, 3.63) is 0 Å². The molecule has 0 bridgehead atoms. The SMILES string of the molecule is NCC1(CNC(=O)N2CCCCCC2)CCCCC1. The van der Waals surface area contributed by atoms with E-state index in [9.17, 15) is 4.79 Å². The van der Waals surface area contributed by atoms with Crippen molar-refractivity contribution in [3.8, 4) is 0 Å². The molecule has 19 heavy (non-hydrogen) atoms. The van der Waals surface area contributed by atoms with Crippen molar-refractivity contribution in [3.63, 3.8) is 0 Å². The number of amides is 2. The zero-order valence-corrected chi connectivity index (χ0v) is 12.1. The summed E-state index contributed by atoms with van der Waals surface area (Å²) in [6.45, 7) is 3.30. The third-order valence-electron chi connectivity index (χ3n) is 4.86. The van der Waals surface area contributed by atoms with Crippen molar-refractivity contribution < 1.29 is 4.79 Å². The van der Waals surface area contributed by atoms with Gasteiger partial charge in [-0.3, -0.25) is 0 Å². The monoisotopic (exact) mass is 267 g/mol. The standard InChI is InChI=1S/C15H29N3O/c16-12-15(8-4-3-5-9-15)13-17-14(19)18-10-6-1-2-7-11-18/h1-13,16H2,(H,17,19). The van der Waals surface area contributed by atoms with Gasteiger partial charge in [0.2, 0.25) is 0 Å². The number of nitrogens with zero attached hydrogens (tertiary/aromatic N) is 1. The Labute approximate surface area is 117 Å². The molecule has 1 aliphatic heterocycles. The molecule has 2 amide bonds. The van der Waals surface area contributed by atoms with Crippen LogP contribution in [0.2, 0.25) is 0 Å². The van der Waals surface area contributed by atoms with E-state index in [0.29, 0.717) is 6.54 Å². The van der Waals surface area contributed by atoms with Gasteiger partial charge in [0, 0.05) is 25.0 Å². The summed E-state index contributed by atoms with van der Waals surface area (Å²) in [4.78, 5) is 14.2. The molecule has 2 rings (SSSR count). The molecular formula is C15H29N3O. The van der Waals surface area contributed by atoms with Crippen LogP contribution in [-0.2, 0) is 0 Å². The molecule has 2 aliphatic rings. The van der Waals surface area contributed by atoms with E-state index in [4.69, 9.17) is 5.73 Å². The van der Waals surface area contributed by atoms with Crippen molar-refractivity contribution >= 4 is 6.03 Å². The molecule has 0 radical (unpaired) electrons. The Morgan fingerprint density at radius 1 is 1.00 bits per heavy atom. The maximum absolute atomic E-state index is 12.2. The van der Waals surface area contributed by atoms with Gasteiger partial charge in [-0.05, 0) is 32.2 Å². The summed E-state index contributed by atoms with van der Waals surface area (Å²) >= 11 is 0. The second-order valence-electron chi connectivity index (χ2n) is 6.32. The molecule has 0 atom stereocenters. The normalized spacial score (nSPS) is 23.7. The van der Waals surface area contributed by atoms with Gasteiger partial charge in [-0.25, -0.2) is 4.79 Å². The first kappa shape index (κ1) is 14.6. The van der Waals surface area contributed by atoms with Crippen molar-refractivity contribution in [1.82, 2.24) is 10.2 Å². The maximum Gasteiger partial charge on any atom is 0.317 e. The van der Waals surface area contributed by atoms with Crippen LogP contribution in [0.1, 0.15) is 57.8 Å². The second kappa shape index (κ2) is 7.13. The summed E-state index contributed by atoms with van der Waals surface area (Å²) in [5.74, 6) is 0. The molecule has 1 aliphatic carbocycles. The molecule has 0 unspecified atom stereocenters. The third-order valence-corrected chi connectivity index (χ3v) is 4.86. The van der Waals surface area contributed by atoms with Gasteiger partial charge in [0.1, 0.15) is 0 Å². The summed E-state index contributed by atoms with van der Waals surface area (Å²) < 4.78 is 0. The van der Waals surface area contributed by atoms with E-state index in [2.05, 4.69) is 5.32 Å². The van der Waals surface area contributed by atoms with E-state index < -0.39 is 0 Å². The number of rotatable bonds is 3. The molecule has 2 fully saturated rings. The maximum atomic E-state index is 12.2. The van der Waals surface area contributed by atoms with E-state index in [1.165, 1.54) is 44.9 Å². The van der Waals surface area contributed by atoms with E-state index in [0.717, 1.165) is 32.5 Å². The largest absolute Gasteiger partial charge is 0.337 e. The highest BCUT2D eigenvalue weighted by molar-refractivity contribution is 5.74. The van der Waals surface area contributed by atoms with Crippen molar-refractivity contribution in [2.45, 2.75) is 57.8 Å². The number of nitrogens with one attached hydrogen (secondary N) is 1. The first-order valence-electron chi connectivity index (χ1n) is 7.99. The molecule has 4 nitrogen and oxygen atoms in total. The Morgan fingerprint density at radius 2 is 1.58 bits per heavy atom. The Morgan fingerprint density at radius 3 is 2.16 bits per heavy atom. The number of hydrogen-bond donors (Lipinski definition) is 2. The highest BCUT2D eigenvalue weighted by Crippen LogP contribution is 2.34. The quantitative estimate of drug-likeness (QED) is 0.825. The van der Waals surface area contributed by atoms with Crippen LogP contribution in [0.4, 0.5) is 4.79 Å². The molecular weight excluding hydrogens is 238 g/mol. The number of nitrogens with two attached hydrogens (primary N) is 1. The summed E-state index contributed by atoms with van der Waals surface area (Å²) in [5.41, 5.74) is 6.13. The lowest BCUT2D eigenvalue weighted by Gasteiger charge is -2.37. The molecule has 1 saturated carbocycles. The zero-order valence-electron chi connectivity index (χ0n) is 12.1. The predicted octanol–water partition coefficient (Wildman–Crippen LogP) is 2.48. The highest BCUT2D eigenvalue weighted by atomic mass is 16.2. The Kier molecular flexibility index (Phi) is 5.49. The molecule has 4 heteroatoms. The first-order valence-corrected chi connectivity index (χ1v) is 7.99. The summed E-state index contributed by atoms with van der Waals surface area (Å²) in [6, 6.07) is 0.125.